The van der Waals surface area contributed by atoms with Gasteiger partial charge in [-0.2, -0.15) is 0 Å². The summed E-state index contributed by atoms with van der Waals surface area (Å²) in [6.45, 7) is 8.04. The molecular formula is C15H31N. The highest BCUT2D eigenvalue weighted by Crippen LogP contribution is 2.27. The van der Waals surface area contributed by atoms with Gasteiger partial charge in [0.05, 0.1) is 0 Å². The zero-order chi connectivity index (χ0) is 11.8. The van der Waals surface area contributed by atoms with Gasteiger partial charge in [-0.1, -0.05) is 59.3 Å². The van der Waals surface area contributed by atoms with Crippen LogP contribution in [0.5, 0.6) is 0 Å². The lowest BCUT2D eigenvalue weighted by molar-refractivity contribution is 0.327. The van der Waals surface area contributed by atoms with Crippen molar-refractivity contribution in [1.29, 1.82) is 0 Å². The molecule has 0 amide bonds. The van der Waals surface area contributed by atoms with Gasteiger partial charge in [0.25, 0.3) is 0 Å². The molecule has 1 nitrogen and oxygen atoms in total. The fourth-order valence-corrected chi connectivity index (χ4v) is 3.00. The van der Waals surface area contributed by atoms with E-state index in [1.807, 2.05) is 0 Å². The Morgan fingerprint density at radius 3 is 2.19 bits per heavy atom. The molecular weight excluding hydrogens is 194 g/mol. The van der Waals surface area contributed by atoms with Crippen molar-refractivity contribution >= 4 is 0 Å². The van der Waals surface area contributed by atoms with E-state index >= 15 is 0 Å². The first-order valence-corrected chi connectivity index (χ1v) is 7.47. The second-order valence-corrected chi connectivity index (χ2v) is 5.84. The fourth-order valence-electron chi connectivity index (χ4n) is 3.00. The Hall–Kier alpha value is -0.0400. The monoisotopic (exact) mass is 225 g/mol. The zero-order valence-electron chi connectivity index (χ0n) is 11.6. The second kappa shape index (κ2) is 8.11. The summed E-state index contributed by atoms with van der Waals surface area (Å²) in [6.07, 6.45) is 11.8. The van der Waals surface area contributed by atoms with Gasteiger partial charge in [-0.3, -0.25) is 0 Å². The molecule has 1 rings (SSSR count). The minimum Gasteiger partial charge on any atom is -0.314 e. The van der Waals surface area contributed by atoms with Crippen LogP contribution in [0.1, 0.15) is 72.1 Å². The minimum atomic E-state index is 0.744. The maximum atomic E-state index is 3.64. The number of nitrogens with one attached hydrogen (secondary N) is 1. The van der Waals surface area contributed by atoms with Crippen LogP contribution in [0.2, 0.25) is 0 Å². The SMILES string of the molecule is CCNC(CCC1CCCCCC1)C(C)C. The van der Waals surface area contributed by atoms with Gasteiger partial charge in [0, 0.05) is 6.04 Å². The second-order valence-electron chi connectivity index (χ2n) is 5.84. The molecule has 96 valence electrons. The Labute approximate surface area is 102 Å². The molecule has 0 radical (unpaired) electrons. The predicted octanol–water partition coefficient (Wildman–Crippen LogP) is 4.37. The third kappa shape index (κ3) is 5.34. The van der Waals surface area contributed by atoms with Crippen LogP contribution in [0, 0.1) is 11.8 Å². The molecule has 1 unspecified atom stereocenters. The Bertz CT molecular complexity index is 157. The van der Waals surface area contributed by atoms with Crippen LogP contribution >= 0.6 is 0 Å². The van der Waals surface area contributed by atoms with Crippen LogP contribution < -0.4 is 5.32 Å². The highest BCUT2D eigenvalue weighted by Gasteiger charge is 2.16. The van der Waals surface area contributed by atoms with Crippen molar-refractivity contribution in [2.45, 2.75) is 78.2 Å². The molecule has 0 heterocycles. The summed E-state index contributed by atoms with van der Waals surface area (Å²) >= 11 is 0. The van der Waals surface area contributed by atoms with Gasteiger partial charge in [0.15, 0.2) is 0 Å². The third-order valence-electron chi connectivity index (χ3n) is 4.13. The van der Waals surface area contributed by atoms with E-state index in [1.54, 1.807) is 0 Å². The highest BCUT2D eigenvalue weighted by atomic mass is 14.9. The summed E-state index contributed by atoms with van der Waals surface area (Å²) in [5.41, 5.74) is 0. The van der Waals surface area contributed by atoms with Crippen LogP contribution in [0.15, 0.2) is 0 Å². The largest absolute Gasteiger partial charge is 0.314 e. The molecule has 0 bridgehead atoms. The molecule has 1 aliphatic carbocycles. The van der Waals surface area contributed by atoms with E-state index in [0.717, 1.165) is 24.4 Å². The Morgan fingerprint density at radius 1 is 1.06 bits per heavy atom. The van der Waals surface area contributed by atoms with Gasteiger partial charge >= 0.3 is 0 Å². The van der Waals surface area contributed by atoms with Crippen molar-refractivity contribution in [3.8, 4) is 0 Å². The topological polar surface area (TPSA) is 12.0 Å². The van der Waals surface area contributed by atoms with E-state index < -0.39 is 0 Å². The Kier molecular flexibility index (Phi) is 7.11. The smallest absolute Gasteiger partial charge is 0.00900 e. The van der Waals surface area contributed by atoms with Crippen LogP contribution in [0.3, 0.4) is 0 Å². The van der Waals surface area contributed by atoms with E-state index in [0.29, 0.717) is 0 Å². The van der Waals surface area contributed by atoms with Gasteiger partial charge in [0.2, 0.25) is 0 Å². The van der Waals surface area contributed by atoms with E-state index in [9.17, 15) is 0 Å². The first-order valence-electron chi connectivity index (χ1n) is 7.47. The molecule has 0 saturated heterocycles. The van der Waals surface area contributed by atoms with Crippen molar-refractivity contribution in [3.63, 3.8) is 0 Å². The molecule has 1 saturated carbocycles. The average Bonchev–Trinajstić information content (AvgIpc) is 2.52. The summed E-state index contributed by atoms with van der Waals surface area (Å²) in [7, 11) is 0. The summed E-state index contributed by atoms with van der Waals surface area (Å²) in [6, 6.07) is 0.744. The van der Waals surface area contributed by atoms with E-state index in [4.69, 9.17) is 0 Å². The molecule has 1 aliphatic rings. The molecule has 0 aromatic rings. The van der Waals surface area contributed by atoms with E-state index in [1.165, 1.54) is 51.4 Å². The first-order chi connectivity index (χ1) is 7.74. The van der Waals surface area contributed by atoms with Gasteiger partial charge in [-0.25, -0.2) is 0 Å². The number of rotatable bonds is 6. The van der Waals surface area contributed by atoms with Crippen molar-refractivity contribution in [3.05, 3.63) is 0 Å². The molecule has 1 N–H and O–H groups in total. The van der Waals surface area contributed by atoms with Gasteiger partial charge in [-0.15, -0.1) is 0 Å². The first kappa shape index (κ1) is 14.0. The molecule has 1 fully saturated rings. The average molecular weight is 225 g/mol. The fraction of sp³-hybridized carbons (Fsp3) is 1.00. The molecule has 0 aromatic carbocycles. The summed E-state index contributed by atoms with van der Waals surface area (Å²) in [4.78, 5) is 0. The van der Waals surface area contributed by atoms with Crippen LogP contribution in [0.4, 0.5) is 0 Å². The maximum Gasteiger partial charge on any atom is 0.00900 e. The highest BCUT2D eigenvalue weighted by molar-refractivity contribution is 4.73. The van der Waals surface area contributed by atoms with Crippen LogP contribution in [-0.2, 0) is 0 Å². The van der Waals surface area contributed by atoms with Crippen molar-refractivity contribution in [1.82, 2.24) is 5.32 Å². The quantitative estimate of drug-likeness (QED) is 0.662. The van der Waals surface area contributed by atoms with Crippen molar-refractivity contribution < 1.29 is 0 Å². The van der Waals surface area contributed by atoms with Gasteiger partial charge in [0.1, 0.15) is 0 Å². The lowest BCUT2D eigenvalue weighted by Gasteiger charge is -2.24. The molecule has 0 aliphatic heterocycles. The van der Waals surface area contributed by atoms with Crippen molar-refractivity contribution in [2.24, 2.45) is 11.8 Å². The van der Waals surface area contributed by atoms with Crippen LogP contribution in [0.25, 0.3) is 0 Å². The van der Waals surface area contributed by atoms with Crippen LogP contribution in [-0.4, -0.2) is 12.6 Å². The van der Waals surface area contributed by atoms with Gasteiger partial charge < -0.3 is 5.32 Å². The predicted molar refractivity (Wildman–Crippen MR) is 72.7 cm³/mol. The molecule has 16 heavy (non-hydrogen) atoms. The lowest BCUT2D eigenvalue weighted by atomic mass is 9.90. The molecule has 1 atom stereocenters. The minimum absolute atomic E-state index is 0.744. The maximum absolute atomic E-state index is 3.64. The molecule has 1 heteroatoms. The molecule has 0 aromatic heterocycles. The van der Waals surface area contributed by atoms with E-state index in [-0.39, 0.29) is 0 Å². The third-order valence-corrected chi connectivity index (χ3v) is 4.13. The lowest BCUT2D eigenvalue weighted by Crippen LogP contribution is -2.34. The van der Waals surface area contributed by atoms with Crippen molar-refractivity contribution in [2.75, 3.05) is 6.54 Å². The molecule has 0 spiro atoms. The van der Waals surface area contributed by atoms with E-state index in [2.05, 4.69) is 26.1 Å². The Morgan fingerprint density at radius 2 is 1.69 bits per heavy atom. The number of hydrogen-bond acceptors (Lipinski definition) is 1. The number of hydrogen-bond donors (Lipinski definition) is 1. The normalized spacial score (nSPS) is 21.0. The Balaban J connectivity index is 2.24. The standard InChI is InChI=1S/C15H31N/c1-4-16-15(13(2)3)12-11-14-9-7-5-6-8-10-14/h13-16H,4-12H2,1-3H3. The summed E-state index contributed by atoms with van der Waals surface area (Å²) in [5.74, 6) is 1.81. The summed E-state index contributed by atoms with van der Waals surface area (Å²) in [5, 5.41) is 3.64. The summed E-state index contributed by atoms with van der Waals surface area (Å²) < 4.78 is 0. The van der Waals surface area contributed by atoms with Gasteiger partial charge in [-0.05, 0) is 31.2 Å². The zero-order valence-corrected chi connectivity index (χ0v) is 11.6.